The lowest BCUT2D eigenvalue weighted by molar-refractivity contribution is -0.115. The van der Waals surface area contributed by atoms with Crippen molar-refractivity contribution in [2.24, 2.45) is 0 Å². The van der Waals surface area contributed by atoms with Crippen LogP contribution in [0.2, 0.25) is 0 Å². The van der Waals surface area contributed by atoms with Gasteiger partial charge in [0.15, 0.2) is 5.11 Å². The average molecular weight is 208 g/mol. The molecule has 0 aliphatic carbocycles. The summed E-state index contributed by atoms with van der Waals surface area (Å²) in [6.45, 7) is 0.217. The standard InChI is InChI=1S/C9H8N2O2S/c12-7-3-1-2-6(4-7)11-8(13)5-10-9(11)14/h1-4,12H,5H2,(H,10,14). The maximum absolute atomic E-state index is 11.4. The molecule has 1 amide bonds. The van der Waals surface area contributed by atoms with Crippen LogP contribution in [0.1, 0.15) is 0 Å². The topological polar surface area (TPSA) is 52.6 Å². The van der Waals surface area contributed by atoms with Crippen LogP contribution in [-0.2, 0) is 4.79 Å². The Bertz CT molecular complexity index is 390. The first kappa shape index (κ1) is 8.96. The van der Waals surface area contributed by atoms with Gasteiger partial charge in [0, 0.05) is 6.07 Å². The second-order valence-electron chi connectivity index (χ2n) is 2.91. The Hall–Kier alpha value is -1.62. The van der Waals surface area contributed by atoms with E-state index in [1.807, 2.05) is 0 Å². The van der Waals surface area contributed by atoms with E-state index in [-0.39, 0.29) is 18.2 Å². The van der Waals surface area contributed by atoms with Crippen LogP contribution >= 0.6 is 12.2 Å². The van der Waals surface area contributed by atoms with E-state index in [9.17, 15) is 9.90 Å². The highest BCUT2D eigenvalue weighted by Crippen LogP contribution is 2.21. The molecule has 1 aliphatic heterocycles. The Balaban J connectivity index is 2.39. The first-order valence-corrected chi connectivity index (χ1v) is 4.49. The van der Waals surface area contributed by atoms with E-state index >= 15 is 0 Å². The number of phenols is 1. The van der Waals surface area contributed by atoms with Gasteiger partial charge in [0.05, 0.1) is 12.2 Å². The molecule has 1 fully saturated rings. The minimum atomic E-state index is -0.111. The van der Waals surface area contributed by atoms with Crippen molar-refractivity contribution in [2.45, 2.75) is 0 Å². The lowest BCUT2D eigenvalue weighted by Gasteiger charge is -2.14. The van der Waals surface area contributed by atoms with Gasteiger partial charge in [-0.3, -0.25) is 9.69 Å². The summed E-state index contributed by atoms with van der Waals surface area (Å²) in [5.74, 6) is 0.00519. The number of rotatable bonds is 1. The Kier molecular flexibility index (Phi) is 2.09. The Labute approximate surface area is 86.1 Å². The fourth-order valence-electron chi connectivity index (χ4n) is 1.32. The lowest BCUT2D eigenvalue weighted by atomic mass is 10.3. The van der Waals surface area contributed by atoms with Gasteiger partial charge in [0.2, 0.25) is 0 Å². The number of anilines is 1. The van der Waals surface area contributed by atoms with Gasteiger partial charge in [0.25, 0.3) is 5.91 Å². The number of amides is 1. The maximum atomic E-state index is 11.4. The van der Waals surface area contributed by atoms with Crippen molar-refractivity contribution in [1.29, 1.82) is 0 Å². The van der Waals surface area contributed by atoms with Gasteiger partial charge in [0.1, 0.15) is 5.75 Å². The molecule has 5 heteroatoms. The van der Waals surface area contributed by atoms with E-state index in [4.69, 9.17) is 12.2 Å². The number of benzene rings is 1. The molecule has 0 atom stereocenters. The van der Waals surface area contributed by atoms with E-state index in [1.165, 1.54) is 11.0 Å². The van der Waals surface area contributed by atoms with Crippen LogP contribution < -0.4 is 10.2 Å². The summed E-state index contributed by atoms with van der Waals surface area (Å²) in [7, 11) is 0. The predicted molar refractivity (Wildman–Crippen MR) is 56.2 cm³/mol. The van der Waals surface area contributed by atoms with Gasteiger partial charge in [-0.1, -0.05) is 6.07 Å². The molecule has 14 heavy (non-hydrogen) atoms. The number of carbonyl (C=O) groups is 1. The van der Waals surface area contributed by atoms with Crippen molar-refractivity contribution in [2.75, 3.05) is 11.4 Å². The van der Waals surface area contributed by atoms with E-state index in [0.29, 0.717) is 10.8 Å². The quantitative estimate of drug-likeness (QED) is 0.664. The Morgan fingerprint density at radius 1 is 1.50 bits per heavy atom. The molecule has 1 heterocycles. The number of carbonyl (C=O) groups excluding carboxylic acids is 1. The average Bonchev–Trinajstić information content (AvgIpc) is 2.46. The van der Waals surface area contributed by atoms with Gasteiger partial charge < -0.3 is 10.4 Å². The van der Waals surface area contributed by atoms with Crippen LogP contribution in [0.5, 0.6) is 5.75 Å². The Morgan fingerprint density at radius 2 is 2.29 bits per heavy atom. The molecule has 0 spiro atoms. The molecule has 0 unspecified atom stereocenters. The number of hydrogen-bond donors (Lipinski definition) is 2. The van der Waals surface area contributed by atoms with Crippen LogP contribution in [0.15, 0.2) is 24.3 Å². The largest absolute Gasteiger partial charge is 0.508 e. The summed E-state index contributed by atoms with van der Waals surface area (Å²) >= 11 is 4.96. The molecule has 1 aromatic carbocycles. The minimum absolute atomic E-state index is 0.111. The molecule has 1 saturated heterocycles. The highest BCUT2D eigenvalue weighted by atomic mass is 32.1. The normalized spacial score (nSPS) is 15.9. The monoisotopic (exact) mass is 208 g/mol. The molecule has 72 valence electrons. The van der Waals surface area contributed by atoms with Gasteiger partial charge >= 0.3 is 0 Å². The van der Waals surface area contributed by atoms with Crippen LogP contribution in [0.4, 0.5) is 5.69 Å². The van der Waals surface area contributed by atoms with Gasteiger partial charge in [-0.25, -0.2) is 0 Å². The van der Waals surface area contributed by atoms with Gasteiger partial charge in [-0.15, -0.1) is 0 Å². The molecular weight excluding hydrogens is 200 g/mol. The fourth-order valence-corrected chi connectivity index (χ4v) is 1.60. The number of phenolic OH excluding ortho intramolecular Hbond substituents is 1. The van der Waals surface area contributed by atoms with Crippen molar-refractivity contribution in [3.8, 4) is 5.75 Å². The smallest absolute Gasteiger partial charge is 0.252 e. The van der Waals surface area contributed by atoms with Crippen LogP contribution in [0.3, 0.4) is 0 Å². The summed E-state index contributed by atoms with van der Waals surface area (Å²) in [5, 5.41) is 12.4. The second-order valence-corrected chi connectivity index (χ2v) is 3.29. The number of aromatic hydroxyl groups is 1. The molecule has 1 aromatic rings. The maximum Gasteiger partial charge on any atom is 0.252 e. The van der Waals surface area contributed by atoms with E-state index in [0.717, 1.165) is 0 Å². The zero-order valence-electron chi connectivity index (χ0n) is 7.23. The molecule has 0 radical (unpaired) electrons. The highest BCUT2D eigenvalue weighted by Gasteiger charge is 2.26. The van der Waals surface area contributed by atoms with Crippen molar-refractivity contribution in [1.82, 2.24) is 5.32 Å². The van der Waals surface area contributed by atoms with Gasteiger partial charge in [-0.2, -0.15) is 0 Å². The summed E-state index contributed by atoms with van der Waals surface area (Å²) < 4.78 is 0. The molecule has 0 aromatic heterocycles. The highest BCUT2D eigenvalue weighted by molar-refractivity contribution is 7.80. The van der Waals surface area contributed by atoms with E-state index in [2.05, 4.69) is 5.32 Å². The van der Waals surface area contributed by atoms with Crippen LogP contribution in [0.25, 0.3) is 0 Å². The van der Waals surface area contributed by atoms with Crippen LogP contribution in [-0.4, -0.2) is 22.7 Å². The minimum Gasteiger partial charge on any atom is -0.508 e. The number of hydrogen-bond acceptors (Lipinski definition) is 3. The van der Waals surface area contributed by atoms with Crippen molar-refractivity contribution in [3.63, 3.8) is 0 Å². The summed E-state index contributed by atoms with van der Waals surface area (Å²) in [4.78, 5) is 12.8. The number of nitrogens with one attached hydrogen (secondary N) is 1. The first-order valence-electron chi connectivity index (χ1n) is 4.08. The number of thiocarbonyl (C=S) groups is 1. The van der Waals surface area contributed by atoms with Crippen LogP contribution in [0, 0.1) is 0 Å². The summed E-state index contributed by atoms with van der Waals surface area (Å²) in [6, 6.07) is 6.42. The zero-order valence-corrected chi connectivity index (χ0v) is 8.04. The molecule has 1 aliphatic rings. The molecule has 2 N–H and O–H groups in total. The van der Waals surface area contributed by atoms with Crippen molar-refractivity contribution in [3.05, 3.63) is 24.3 Å². The van der Waals surface area contributed by atoms with E-state index in [1.54, 1.807) is 18.2 Å². The van der Waals surface area contributed by atoms with Gasteiger partial charge in [-0.05, 0) is 24.4 Å². The second kappa shape index (κ2) is 3.26. The SMILES string of the molecule is O=C1CNC(=S)N1c1cccc(O)c1. The molecule has 0 saturated carbocycles. The van der Waals surface area contributed by atoms with Crippen molar-refractivity contribution < 1.29 is 9.90 Å². The summed E-state index contributed by atoms with van der Waals surface area (Å²) in [6.07, 6.45) is 0. The third-order valence-corrected chi connectivity index (χ3v) is 2.26. The fraction of sp³-hybridized carbons (Fsp3) is 0.111. The predicted octanol–water partition coefficient (Wildman–Crippen LogP) is 0.613. The molecule has 4 nitrogen and oxygen atoms in total. The number of nitrogens with zero attached hydrogens (tertiary/aromatic N) is 1. The first-order chi connectivity index (χ1) is 6.68. The molecule has 2 rings (SSSR count). The third kappa shape index (κ3) is 1.42. The Morgan fingerprint density at radius 3 is 2.86 bits per heavy atom. The lowest BCUT2D eigenvalue weighted by Crippen LogP contribution is -2.30. The van der Waals surface area contributed by atoms with E-state index < -0.39 is 0 Å². The zero-order chi connectivity index (χ0) is 10.1. The summed E-state index contributed by atoms with van der Waals surface area (Å²) in [5.41, 5.74) is 0.588. The molecular formula is C9H8N2O2S. The van der Waals surface area contributed by atoms with Crippen molar-refractivity contribution >= 4 is 28.9 Å². The third-order valence-electron chi connectivity index (χ3n) is 1.93. The molecule has 0 bridgehead atoms.